The van der Waals surface area contributed by atoms with Gasteiger partial charge in [-0.2, -0.15) is 0 Å². The van der Waals surface area contributed by atoms with Crippen LogP contribution in [0.5, 0.6) is 0 Å². The lowest BCUT2D eigenvalue weighted by Gasteiger charge is -2.21. The summed E-state index contributed by atoms with van der Waals surface area (Å²) in [5.41, 5.74) is 2.08. The Hall–Kier alpha value is -0.870. The average molecular weight is 257 g/mol. The highest BCUT2D eigenvalue weighted by atomic mass is 35.5. The molecule has 2 rings (SSSR count). The van der Waals surface area contributed by atoms with Gasteiger partial charge >= 0.3 is 0 Å². The molecule has 1 aromatic heterocycles. The fraction of sp³-hybridized carbons (Fsp3) is 0.667. The first-order valence-electron chi connectivity index (χ1n) is 5.89. The maximum atomic E-state index is 4.47. The number of rotatable bonds is 3. The second kappa shape index (κ2) is 6.17. The fourth-order valence-corrected chi connectivity index (χ4v) is 2.22. The van der Waals surface area contributed by atoms with Gasteiger partial charge in [-0.05, 0) is 45.3 Å². The second-order valence-corrected chi connectivity index (χ2v) is 4.69. The molecule has 17 heavy (non-hydrogen) atoms. The van der Waals surface area contributed by atoms with Crippen molar-refractivity contribution in [2.45, 2.75) is 20.3 Å². The highest BCUT2D eigenvalue weighted by Gasteiger charge is 2.17. The van der Waals surface area contributed by atoms with Crippen LogP contribution in [0.1, 0.15) is 17.8 Å². The third-order valence-electron chi connectivity index (χ3n) is 3.01. The number of aryl methyl sites for hydroxylation is 2. The Morgan fingerprint density at radius 2 is 2.00 bits per heavy atom. The smallest absolute Gasteiger partial charge is 0.225 e. The van der Waals surface area contributed by atoms with Crippen LogP contribution in [0.4, 0.5) is 5.95 Å². The summed E-state index contributed by atoms with van der Waals surface area (Å²) in [6.07, 6.45) is 1.26. The second-order valence-electron chi connectivity index (χ2n) is 4.69. The van der Waals surface area contributed by atoms with Crippen LogP contribution in [0.25, 0.3) is 0 Å². The van der Waals surface area contributed by atoms with Gasteiger partial charge in [-0.3, -0.25) is 0 Å². The molecule has 1 fully saturated rings. The van der Waals surface area contributed by atoms with Crippen molar-refractivity contribution in [2.24, 2.45) is 5.92 Å². The Morgan fingerprint density at radius 1 is 1.35 bits per heavy atom. The number of anilines is 1. The third-order valence-corrected chi connectivity index (χ3v) is 3.01. The van der Waals surface area contributed by atoms with E-state index in [0.29, 0.717) is 0 Å². The molecule has 1 unspecified atom stereocenters. The van der Waals surface area contributed by atoms with Gasteiger partial charge in [0, 0.05) is 25.0 Å². The zero-order valence-electron chi connectivity index (χ0n) is 10.7. The summed E-state index contributed by atoms with van der Waals surface area (Å²) in [4.78, 5) is 11.1. The van der Waals surface area contributed by atoms with Gasteiger partial charge in [0.25, 0.3) is 0 Å². The normalized spacial score (nSPS) is 18.9. The Kier molecular flexibility index (Phi) is 5.15. The van der Waals surface area contributed by atoms with Crippen molar-refractivity contribution in [2.75, 3.05) is 31.6 Å². The van der Waals surface area contributed by atoms with Crippen molar-refractivity contribution in [1.82, 2.24) is 15.3 Å². The predicted molar refractivity (Wildman–Crippen MR) is 73.0 cm³/mol. The van der Waals surface area contributed by atoms with Crippen LogP contribution in [0, 0.1) is 19.8 Å². The third kappa shape index (κ3) is 3.82. The van der Waals surface area contributed by atoms with E-state index in [1.165, 1.54) is 6.42 Å². The number of hydrogen-bond acceptors (Lipinski definition) is 4. The number of hydrogen-bond donors (Lipinski definition) is 1. The Morgan fingerprint density at radius 3 is 2.53 bits per heavy atom. The van der Waals surface area contributed by atoms with Crippen LogP contribution < -0.4 is 10.2 Å². The van der Waals surface area contributed by atoms with Gasteiger partial charge in [-0.1, -0.05) is 0 Å². The monoisotopic (exact) mass is 256 g/mol. The standard InChI is InChI=1S/C12H20N4.ClH/c1-9-6-10(2)15-12(14-9)16(3)8-11-4-5-13-7-11;/h6,11,13H,4-5,7-8H2,1-3H3;1H. The van der Waals surface area contributed by atoms with E-state index < -0.39 is 0 Å². The van der Waals surface area contributed by atoms with E-state index in [0.717, 1.165) is 42.9 Å². The topological polar surface area (TPSA) is 41.1 Å². The van der Waals surface area contributed by atoms with Crippen LogP contribution in [0.15, 0.2) is 6.07 Å². The summed E-state index contributed by atoms with van der Waals surface area (Å²) in [5.74, 6) is 1.58. The molecule has 4 nitrogen and oxygen atoms in total. The Bertz CT molecular complexity index is 343. The van der Waals surface area contributed by atoms with Gasteiger partial charge in [0.2, 0.25) is 5.95 Å². The van der Waals surface area contributed by atoms with E-state index in [2.05, 4.69) is 27.2 Å². The van der Waals surface area contributed by atoms with E-state index in [9.17, 15) is 0 Å². The minimum absolute atomic E-state index is 0. The summed E-state index contributed by atoms with van der Waals surface area (Å²) in [6.45, 7) is 7.34. The van der Waals surface area contributed by atoms with Crippen LogP contribution in [-0.2, 0) is 0 Å². The molecule has 1 saturated heterocycles. The Labute approximate surface area is 109 Å². The molecule has 0 radical (unpaired) electrons. The molecule has 1 aromatic rings. The molecule has 0 spiro atoms. The molecule has 0 saturated carbocycles. The van der Waals surface area contributed by atoms with E-state index in [1.807, 2.05) is 19.9 Å². The largest absolute Gasteiger partial charge is 0.344 e. The van der Waals surface area contributed by atoms with Crippen LogP contribution in [0.3, 0.4) is 0 Å². The number of nitrogens with zero attached hydrogens (tertiary/aromatic N) is 3. The summed E-state index contributed by atoms with van der Waals surface area (Å²) in [6, 6.07) is 2.01. The van der Waals surface area contributed by atoms with Gasteiger partial charge in [0.1, 0.15) is 0 Å². The van der Waals surface area contributed by atoms with Gasteiger partial charge in [-0.25, -0.2) is 9.97 Å². The SMILES string of the molecule is Cc1cc(C)nc(N(C)CC2CCNC2)n1.Cl. The summed E-state index contributed by atoms with van der Waals surface area (Å²) < 4.78 is 0. The molecular weight excluding hydrogens is 236 g/mol. The van der Waals surface area contributed by atoms with E-state index in [1.54, 1.807) is 0 Å². The maximum absolute atomic E-state index is 4.47. The maximum Gasteiger partial charge on any atom is 0.225 e. The van der Waals surface area contributed by atoms with Crippen molar-refractivity contribution < 1.29 is 0 Å². The van der Waals surface area contributed by atoms with Gasteiger partial charge < -0.3 is 10.2 Å². The van der Waals surface area contributed by atoms with Gasteiger partial charge in [0.05, 0.1) is 0 Å². The van der Waals surface area contributed by atoms with Gasteiger partial charge in [0.15, 0.2) is 0 Å². The summed E-state index contributed by atoms with van der Waals surface area (Å²) >= 11 is 0. The molecule has 0 aromatic carbocycles. The number of halogens is 1. The number of nitrogens with one attached hydrogen (secondary N) is 1. The molecule has 5 heteroatoms. The zero-order valence-corrected chi connectivity index (χ0v) is 11.5. The molecule has 0 aliphatic carbocycles. The molecule has 1 N–H and O–H groups in total. The van der Waals surface area contributed by atoms with Crippen molar-refractivity contribution in [3.05, 3.63) is 17.5 Å². The minimum Gasteiger partial charge on any atom is -0.344 e. The van der Waals surface area contributed by atoms with E-state index >= 15 is 0 Å². The highest BCUT2D eigenvalue weighted by molar-refractivity contribution is 5.85. The molecule has 2 heterocycles. The highest BCUT2D eigenvalue weighted by Crippen LogP contribution is 2.13. The van der Waals surface area contributed by atoms with Crippen molar-refractivity contribution in [1.29, 1.82) is 0 Å². The first-order valence-corrected chi connectivity index (χ1v) is 5.89. The predicted octanol–water partition coefficient (Wildman–Crippen LogP) is 1.56. The lowest BCUT2D eigenvalue weighted by Crippen LogP contribution is -2.28. The van der Waals surface area contributed by atoms with E-state index in [4.69, 9.17) is 0 Å². The molecule has 96 valence electrons. The summed E-state index contributed by atoms with van der Waals surface area (Å²) in [7, 11) is 2.08. The van der Waals surface area contributed by atoms with Crippen LogP contribution in [0.2, 0.25) is 0 Å². The fourth-order valence-electron chi connectivity index (χ4n) is 2.22. The first kappa shape index (κ1) is 14.2. The molecular formula is C12H21ClN4. The molecule has 0 bridgehead atoms. The zero-order chi connectivity index (χ0) is 11.5. The molecule has 0 amide bonds. The quantitative estimate of drug-likeness (QED) is 0.891. The van der Waals surface area contributed by atoms with Gasteiger partial charge in [-0.15, -0.1) is 12.4 Å². The van der Waals surface area contributed by atoms with Crippen molar-refractivity contribution in [3.63, 3.8) is 0 Å². The Balaban J connectivity index is 0.00000144. The summed E-state index contributed by atoms with van der Waals surface area (Å²) in [5, 5.41) is 3.38. The van der Waals surface area contributed by atoms with Crippen molar-refractivity contribution in [3.8, 4) is 0 Å². The first-order chi connectivity index (χ1) is 7.65. The molecule has 1 aliphatic rings. The minimum atomic E-state index is 0. The number of aromatic nitrogens is 2. The molecule has 1 aliphatic heterocycles. The lowest BCUT2D eigenvalue weighted by molar-refractivity contribution is 0.572. The van der Waals surface area contributed by atoms with E-state index in [-0.39, 0.29) is 12.4 Å². The lowest BCUT2D eigenvalue weighted by atomic mass is 10.1. The molecule has 1 atom stereocenters. The van der Waals surface area contributed by atoms with Crippen LogP contribution in [-0.4, -0.2) is 36.6 Å². The van der Waals surface area contributed by atoms with Crippen LogP contribution >= 0.6 is 12.4 Å². The van der Waals surface area contributed by atoms with Crippen molar-refractivity contribution >= 4 is 18.4 Å². The average Bonchev–Trinajstić information content (AvgIpc) is 2.68.